The van der Waals surface area contributed by atoms with E-state index in [1.807, 2.05) is 0 Å². The Bertz CT molecular complexity index is 501. The molecule has 1 aromatic rings. The Kier molecular flexibility index (Phi) is 5.08. The summed E-state index contributed by atoms with van der Waals surface area (Å²) in [6.45, 7) is 0.988. The first-order valence-corrected chi connectivity index (χ1v) is 6.85. The van der Waals surface area contributed by atoms with Crippen molar-refractivity contribution in [3.8, 4) is 0 Å². The number of rotatable bonds is 4. The Morgan fingerprint density at radius 2 is 1.71 bits per heavy atom. The average Bonchev–Trinajstić information content (AvgIpc) is 2.48. The molecule has 4 N–H and O–H groups in total. The van der Waals surface area contributed by atoms with E-state index < -0.39 is 37.1 Å². The summed E-state index contributed by atoms with van der Waals surface area (Å²) < 4.78 is 5.45. The monoisotopic (exact) mass is 296 g/mol. The van der Waals surface area contributed by atoms with Gasteiger partial charge in [-0.2, -0.15) is 0 Å². The van der Waals surface area contributed by atoms with Gasteiger partial charge in [-0.15, -0.1) is 0 Å². The zero-order valence-corrected chi connectivity index (χ0v) is 11.7. The van der Waals surface area contributed by atoms with Crippen LogP contribution in [0.15, 0.2) is 24.3 Å². The standard InChI is InChI=1S/C15H20O6/c1-8(17)10-5-3-2-4-9(10)6-11-13(18)15(20)14(19)12(7-16)21-11/h2-5,11-16,18-20H,6-7H2,1H3. The molecule has 5 atom stereocenters. The van der Waals surface area contributed by atoms with E-state index in [9.17, 15) is 20.1 Å². The maximum atomic E-state index is 11.6. The summed E-state index contributed by atoms with van der Waals surface area (Å²) in [7, 11) is 0. The number of carbonyl (C=O) groups excluding carboxylic acids is 1. The smallest absolute Gasteiger partial charge is 0.160 e. The van der Waals surface area contributed by atoms with Crippen molar-refractivity contribution in [3.63, 3.8) is 0 Å². The number of hydrogen-bond acceptors (Lipinski definition) is 6. The lowest BCUT2D eigenvalue weighted by atomic mass is 9.90. The Morgan fingerprint density at radius 3 is 2.33 bits per heavy atom. The summed E-state index contributed by atoms with van der Waals surface area (Å²) in [5.41, 5.74) is 1.21. The average molecular weight is 296 g/mol. The van der Waals surface area contributed by atoms with Crippen molar-refractivity contribution in [2.45, 2.75) is 43.9 Å². The number of Topliss-reactive ketones (excluding diaryl/α,β-unsaturated/α-hetero) is 1. The minimum atomic E-state index is -1.40. The van der Waals surface area contributed by atoms with Crippen LogP contribution in [0.4, 0.5) is 0 Å². The number of hydrogen-bond donors (Lipinski definition) is 4. The van der Waals surface area contributed by atoms with Gasteiger partial charge < -0.3 is 25.2 Å². The van der Waals surface area contributed by atoms with Crippen molar-refractivity contribution < 1.29 is 30.0 Å². The molecule has 6 heteroatoms. The highest BCUT2D eigenvalue weighted by molar-refractivity contribution is 5.95. The Morgan fingerprint density at radius 1 is 1.10 bits per heavy atom. The van der Waals surface area contributed by atoms with Crippen molar-refractivity contribution in [3.05, 3.63) is 35.4 Å². The third-order valence-electron chi connectivity index (χ3n) is 3.81. The summed E-state index contributed by atoms with van der Waals surface area (Å²) in [6, 6.07) is 6.94. The molecule has 0 aliphatic carbocycles. The lowest BCUT2D eigenvalue weighted by molar-refractivity contribution is -0.228. The Balaban J connectivity index is 2.20. The molecule has 0 aromatic heterocycles. The van der Waals surface area contributed by atoms with Gasteiger partial charge in [-0.05, 0) is 12.5 Å². The van der Waals surface area contributed by atoms with Crippen molar-refractivity contribution in [2.75, 3.05) is 6.61 Å². The van der Waals surface area contributed by atoms with E-state index in [4.69, 9.17) is 9.84 Å². The van der Waals surface area contributed by atoms with Crippen LogP contribution >= 0.6 is 0 Å². The van der Waals surface area contributed by atoms with E-state index in [-0.39, 0.29) is 12.2 Å². The van der Waals surface area contributed by atoms with Crippen LogP contribution in [0.3, 0.4) is 0 Å². The van der Waals surface area contributed by atoms with E-state index in [0.29, 0.717) is 11.1 Å². The van der Waals surface area contributed by atoms with Crippen LogP contribution < -0.4 is 0 Å². The fourth-order valence-corrected chi connectivity index (χ4v) is 2.61. The van der Waals surface area contributed by atoms with Gasteiger partial charge in [-0.3, -0.25) is 4.79 Å². The van der Waals surface area contributed by atoms with E-state index >= 15 is 0 Å². The molecule has 1 aromatic carbocycles. The molecule has 0 bridgehead atoms. The summed E-state index contributed by atoms with van der Waals surface area (Å²) in [5, 5.41) is 38.7. The van der Waals surface area contributed by atoms with E-state index in [1.54, 1.807) is 24.3 Å². The number of ketones is 1. The summed E-state index contributed by atoms with van der Waals surface area (Å²) in [6.07, 6.45) is -5.59. The number of aliphatic hydroxyl groups excluding tert-OH is 4. The van der Waals surface area contributed by atoms with Gasteiger partial charge in [0.05, 0.1) is 12.7 Å². The largest absolute Gasteiger partial charge is 0.394 e. The van der Waals surface area contributed by atoms with Crippen molar-refractivity contribution in [1.29, 1.82) is 0 Å². The topological polar surface area (TPSA) is 107 Å². The van der Waals surface area contributed by atoms with Crippen molar-refractivity contribution in [1.82, 2.24) is 0 Å². The number of aliphatic hydroxyl groups is 4. The fourth-order valence-electron chi connectivity index (χ4n) is 2.61. The molecule has 0 amide bonds. The first-order valence-electron chi connectivity index (χ1n) is 6.85. The van der Waals surface area contributed by atoms with Crippen LogP contribution in [0.5, 0.6) is 0 Å². The summed E-state index contributed by atoms with van der Waals surface area (Å²) in [4.78, 5) is 11.6. The molecule has 116 valence electrons. The number of benzene rings is 1. The lowest BCUT2D eigenvalue weighted by Gasteiger charge is -2.40. The van der Waals surface area contributed by atoms with Gasteiger partial charge in [-0.25, -0.2) is 0 Å². The Hall–Kier alpha value is -1.31. The third-order valence-corrected chi connectivity index (χ3v) is 3.81. The Labute approximate surface area is 122 Å². The normalized spacial score (nSPS) is 32.9. The molecule has 21 heavy (non-hydrogen) atoms. The molecule has 5 unspecified atom stereocenters. The minimum Gasteiger partial charge on any atom is -0.394 e. The van der Waals surface area contributed by atoms with E-state index in [0.717, 1.165) is 0 Å². The molecular formula is C15H20O6. The van der Waals surface area contributed by atoms with Crippen LogP contribution in [0.25, 0.3) is 0 Å². The van der Waals surface area contributed by atoms with Crippen molar-refractivity contribution in [2.24, 2.45) is 0 Å². The molecule has 2 rings (SSSR count). The first-order chi connectivity index (χ1) is 9.95. The predicted molar refractivity (Wildman–Crippen MR) is 73.9 cm³/mol. The zero-order chi connectivity index (χ0) is 15.6. The first kappa shape index (κ1) is 16.1. The second-order valence-corrected chi connectivity index (χ2v) is 5.28. The summed E-state index contributed by atoms with van der Waals surface area (Å²) in [5.74, 6) is -0.102. The quantitative estimate of drug-likeness (QED) is 0.546. The molecule has 0 spiro atoms. The van der Waals surface area contributed by atoms with Gasteiger partial charge >= 0.3 is 0 Å². The summed E-state index contributed by atoms with van der Waals surface area (Å²) >= 11 is 0. The molecule has 1 aliphatic rings. The fraction of sp³-hybridized carbons (Fsp3) is 0.533. The highest BCUT2D eigenvalue weighted by Crippen LogP contribution is 2.25. The van der Waals surface area contributed by atoms with Gasteiger partial charge in [-0.1, -0.05) is 24.3 Å². The lowest BCUT2D eigenvalue weighted by Crippen LogP contribution is -2.59. The van der Waals surface area contributed by atoms with Crippen LogP contribution in [-0.2, 0) is 11.2 Å². The minimum absolute atomic E-state index is 0.102. The number of carbonyl (C=O) groups is 1. The molecule has 0 radical (unpaired) electrons. The van der Waals surface area contributed by atoms with Gasteiger partial charge in [0.25, 0.3) is 0 Å². The number of ether oxygens (including phenoxy) is 1. The van der Waals surface area contributed by atoms with Crippen LogP contribution in [-0.4, -0.2) is 63.3 Å². The van der Waals surface area contributed by atoms with Gasteiger partial charge in [0.2, 0.25) is 0 Å². The second kappa shape index (κ2) is 6.64. The third kappa shape index (κ3) is 3.30. The van der Waals surface area contributed by atoms with Crippen LogP contribution in [0.2, 0.25) is 0 Å². The maximum absolute atomic E-state index is 11.6. The van der Waals surface area contributed by atoms with Gasteiger partial charge in [0.15, 0.2) is 5.78 Å². The second-order valence-electron chi connectivity index (χ2n) is 5.28. The zero-order valence-electron chi connectivity index (χ0n) is 11.7. The molecular weight excluding hydrogens is 276 g/mol. The predicted octanol–water partition coefficient (Wildman–Crippen LogP) is -0.726. The highest BCUT2D eigenvalue weighted by Gasteiger charge is 2.43. The van der Waals surface area contributed by atoms with Crippen LogP contribution in [0, 0.1) is 0 Å². The molecule has 1 heterocycles. The van der Waals surface area contributed by atoms with Gasteiger partial charge in [0.1, 0.15) is 24.4 Å². The van der Waals surface area contributed by atoms with Crippen LogP contribution in [0.1, 0.15) is 22.8 Å². The maximum Gasteiger partial charge on any atom is 0.160 e. The van der Waals surface area contributed by atoms with Gasteiger partial charge in [0, 0.05) is 12.0 Å². The highest BCUT2D eigenvalue weighted by atomic mass is 16.5. The van der Waals surface area contributed by atoms with E-state index in [2.05, 4.69) is 0 Å². The molecule has 1 aliphatic heterocycles. The van der Waals surface area contributed by atoms with E-state index in [1.165, 1.54) is 6.92 Å². The molecule has 0 saturated carbocycles. The van der Waals surface area contributed by atoms with Crippen molar-refractivity contribution >= 4 is 5.78 Å². The molecule has 1 fully saturated rings. The molecule has 1 saturated heterocycles. The SMILES string of the molecule is CC(=O)c1ccccc1CC1OC(CO)C(O)C(O)C1O. The molecule has 6 nitrogen and oxygen atoms in total.